The molecule has 0 radical (unpaired) electrons. The molecule has 106 valence electrons. The Balaban J connectivity index is 1.94. The van der Waals surface area contributed by atoms with Crippen molar-refractivity contribution in [3.8, 4) is 0 Å². The number of rotatable bonds is 2. The van der Waals surface area contributed by atoms with Crippen LogP contribution in [-0.2, 0) is 4.79 Å². The van der Waals surface area contributed by atoms with Gasteiger partial charge in [0.1, 0.15) is 5.82 Å². The summed E-state index contributed by atoms with van der Waals surface area (Å²) in [6, 6.07) is 5.73. The van der Waals surface area contributed by atoms with Crippen LogP contribution in [0.15, 0.2) is 34.3 Å². The fraction of sp³-hybridized carbons (Fsp3) is 0.286. The van der Waals surface area contributed by atoms with Crippen molar-refractivity contribution in [3.05, 3.63) is 41.2 Å². The Labute approximate surface area is 120 Å². The summed E-state index contributed by atoms with van der Waals surface area (Å²) in [5.74, 6) is -0.696. The molecule has 0 saturated carbocycles. The van der Waals surface area contributed by atoms with Gasteiger partial charge in [-0.3, -0.25) is 4.79 Å². The van der Waals surface area contributed by atoms with Gasteiger partial charge in [-0.25, -0.2) is 4.39 Å². The van der Waals surface area contributed by atoms with Crippen LogP contribution in [0.25, 0.3) is 5.53 Å². The van der Waals surface area contributed by atoms with Crippen LogP contribution in [-0.4, -0.2) is 46.1 Å². The maximum Gasteiger partial charge on any atom is 0.435 e. The lowest BCUT2D eigenvalue weighted by Crippen LogP contribution is -2.37. The summed E-state index contributed by atoms with van der Waals surface area (Å²) < 4.78 is 13.2. The minimum absolute atomic E-state index is 0.00124. The minimum atomic E-state index is -0.424. The van der Waals surface area contributed by atoms with Gasteiger partial charge in [0.2, 0.25) is 5.71 Å². The summed E-state index contributed by atoms with van der Waals surface area (Å²) in [7, 11) is 0. The third-order valence-electron chi connectivity index (χ3n) is 3.41. The first-order chi connectivity index (χ1) is 10.2. The quantitative estimate of drug-likeness (QED) is 0.595. The molecule has 0 atom stereocenters. The summed E-state index contributed by atoms with van der Waals surface area (Å²) in [4.78, 5) is 25.1. The number of hydrogen-bond acceptors (Lipinski definition) is 2. The Morgan fingerprint density at radius 3 is 2.71 bits per heavy atom. The third kappa shape index (κ3) is 2.51. The molecule has 3 rings (SSSR count). The van der Waals surface area contributed by atoms with Crippen LogP contribution in [0.4, 0.5) is 4.39 Å². The Bertz CT molecular complexity index is 712. The molecule has 1 amide bonds. The van der Waals surface area contributed by atoms with Crippen LogP contribution in [0.1, 0.15) is 18.4 Å². The van der Waals surface area contributed by atoms with E-state index in [0.29, 0.717) is 18.7 Å². The molecular formula is C14H12FN5O. The average Bonchev–Trinajstić information content (AvgIpc) is 3.16. The van der Waals surface area contributed by atoms with E-state index in [1.165, 1.54) is 18.2 Å². The zero-order valence-electron chi connectivity index (χ0n) is 11.2. The third-order valence-corrected chi connectivity index (χ3v) is 3.41. The van der Waals surface area contributed by atoms with Crippen molar-refractivity contribution < 1.29 is 14.0 Å². The van der Waals surface area contributed by atoms with Gasteiger partial charge in [0.15, 0.2) is 0 Å². The zero-order chi connectivity index (χ0) is 14.8. The largest absolute Gasteiger partial charge is 0.497 e. The molecule has 2 aliphatic rings. The predicted octanol–water partition coefficient (Wildman–Crippen LogP) is 1.28. The molecule has 0 unspecified atom stereocenters. The van der Waals surface area contributed by atoms with Crippen LogP contribution in [0.3, 0.4) is 0 Å². The van der Waals surface area contributed by atoms with Crippen LogP contribution in [0.2, 0.25) is 0 Å². The molecular weight excluding hydrogens is 273 g/mol. The zero-order valence-corrected chi connectivity index (χ0v) is 11.2. The minimum Gasteiger partial charge on any atom is -0.497 e. The van der Waals surface area contributed by atoms with Crippen molar-refractivity contribution in [2.75, 3.05) is 13.1 Å². The van der Waals surface area contributed by atoms with Gasteiger partial charge in [0.05, 0.1) is 0 Å². The van der Waals surface area contributed by atoms with Crippen LogP contribution < -0.4 is 0 Å². The topological polar surface area (TPSA) is 81.4 Å². The average molecular weight is 285 g/mol. The smallest absolute Gasteiger partial charge is 0.435 e. The normalized spacial score (nSPS) is 17.6. The molecule has 1 fully saturated rings. The number of likely N-dealkylation sites (tertiary alicyclic amines) is 1. The number of carbonyl (C=O) groups excluding carboxylic acids is 1. The van der Waals surface area contributed by atoms with Crippen LogP contribution in [0.5, 0.6) is 0 Å². The van der Waals surface area contributed by atoms with Gasteiger partial charge >= 0.3 is 5.84 Å². The highest BCUT2D eigenvalue weighted by atomic mass is 19.1. The number of nitrogens with zero attached hydrogens (tertiary/aromatic N) is 5. The molecule has 7 heteroatoms. The van der Waals surface area contributed by atoms with E-state index < -0.39 is 5.82 Å². The maximum atomic E-state index is 13.2. The van der Waals surface area contributed by atoms with E-state index in [1.54, 1.807) is 11.0 Å². The molecule has 2 aliphatic heterocycles. The Hall–Kier alpha value is -2.66. The second kappa shape index (κ2) is 5.38. The van der Waals surface area contributed by atoms with Gasteiger partial charge in [-0.2, -0.15) is 4.99 Å². The standard InChI is InChI=1S/C14H12FN5O/c15-10-5-3-4-9(8-10)12-17-11(13(18-12)19-16)14(21)20-6-1-2-7-20/h3-5,8H,1-2,6-7H2. The van der Waals surface area contributed by atoms with Gasteiger partial charge in [0, 0.05) is 18.7 Å². The molecule has 0 N–H and O–H groups in total. The summed E-state index contributed by atoms with van der Waals surface area (Å²) in [5, 5.41) is 0. The highest BCUT2D eigenvalue weighted by Gasteiger charge is 2.37. The molecule has 21 heavy (non-hydrogen) atoms. The van der Waals surface area contributed by atoms with Crippen molar-refractivity contribution in [1.29, 1.82) is 0 Å². The molecule has 1 aromatic rings. The van der Waals surface area contributed by atoms with E-state index in [-0.39, 0.29) is 23.3 Å². The summed E-state index contributed by atoms with van der Waals surface area (Å²) >= 11 is 0. The summed E-state index contributed by atoms with van der Waals surface area (Å²) in [5.41, 5.74) is 9.43. The summed E-state index contributed by atoms with van der Waals surface area (Å²) in [6.07, 6.45) is 1.89. The molecule has 6 nitrogen and oxygen atoms in total. The second-order valence-corrected chi connectivity index (χ2v) is 4.83. The number of amides is 1. The van der Waals surface area contributed by atoms with Crippen molar-refractivity contribution in [2.45, 2.75) is 12.8 Å². The first-order valence-corrected chi connectivity index (χ1v) is 6.64. The molecule has 0 spiro atoms. The van der Waals surface area contributed by atoms with E-state index in [2.05, 4.69) is 14.8 Å². The van der Waals surface area contributed by atoms with E-state index in [9.17, 15) is 9.18 Å². The second-order valence-electron chi connectivity index (χ2n) is 4.83. The van der Waals surface area contributed by atoms with Crippen molar-refractivity contribution in [1.82, 2.24) is 4.90 Å². The molecule has 0 aliphatic carbocycles. The Kier molecular flexibility index (Phi) is 3.41. The van der Waals surface area contributed by atoms with E-state index in [1.807, 2.05) is 0 Å². The number of halogens is 1. The van der Waals surface area contributed by atoms with E-state index in [0.717, 1.165) is 12.8 Å². The van der Waals surface area contributed by atoms with Gasteiger partial charge in [-0.05, 0) is 36.0 Å². The first-order valence-electron chi connectivity index (χ1n) is 6.64. The Morgan fingerprint density at radius 1 is 1.29 bits per heavy atom. The fourth-order valence-corrected chi connectivity index (χ4v) is 2.37. The number of aliphatic imine (C=N–C) groups is 2. The fourth-order valence-electron chi connectivity index (χ4n) is 2.37. The highest BCUT2D eigenvalue weighted by molar-refractivity contribution is 6.68. The lowest BCUT2D eigenvalue weighted by atomic mass is 10.2. The SMILES string of the molecule is [N-]=[N+]=C1N=C(c2cccc(F)c2)N=C1C(=O)N1CCCC1. The van der Waals surface area contributed by atoms with Crippen molar-refractivity contribution >= 4 is 23.3 Å². The molecule has 1 saturated heterocycles. The molecule has 2 heterocycles. The first kappa shape index (κ1) is 13.3. The van der Waals surface area contributed by atoms with E-state index in [4.69, 9.17) is 5.53 Å². The molecule has 0 aromatic heterocycles. The number of amidine groups is 2. The lowest BCUT2D eigenvalue weighted by Gasteiger charge is -2.12. The van der Waals surface area contributed by atoms with Crippen LogP contribution >= 0.6 is 0 Å². The monoisotopic (exact) mass is 285 g/mol. The lowest BCUT2D eigenvalue weighted by molar-refractivity contribution is -0.123. The van der Waals surface area contributed by atoms with Crippen LogP contribution in [0, 0.1) is 5.82 Å². The van der Waals surface area contributed by atoms with Crippen molar-refractivity contribution in [3.63, 3.8) is 0 Å². The van der Waals surface area contributed by atoms with E-state index >= 15 is 0 Å². The van der Waals surface area contributed by atoms with Gasteiger partial charge in [-0.1, -0.05) is 6.07 Å². The predicted molar refractivity (Wildman–Crippen MR) is 74.8 cm³/mol. The van der Waals surface area contributed by atoms with Gasteiger partial charge < -0.3 is 15.2 Å². The molecule has 1 aromatic carbocycles. The summed E-state index contributed by atoms with van der Waals surface area (Å²) in [6.45, 7) is 1.32. The molecule has 0 bridgehead atoms. The van der Waals surface area contributed by atoms with Crippen molar-refractivity contribution in [2.24, 2.45) is 9.98 Å². The number of hydrogen-bond donors (Lipinski definition) is 0. The Morgan fingerprint density at radius 2 is 2.05 bits per heavy atom. The highest BCUT2D eigenvalue weighted by Crippen LogP contribution is 2.14. The number of benzene rings is 1. The van der Waals surface area contributed by atoms with Gasteiger partial charge in [0.25, 0.3) is 11.7 Å². The maximum absolute atomic E-state index is 13.2. The van der Waals surface area contributed by atoms with Gasteiger partial charge in [-0.15, -0.1) is 0 Å². The number of carbonyl (C=O) groups is 1.